The fraction of sp³-hybridized carbons (Fsp3) is 0.250. The first kappa shape index (κ1) is 12.7. The first-order valence-corrected chi connectivity index (χ1v) is 6.87. The standard InChI is InChI=1S/C16H17N3O/c20-16(6-3-12-2-1-8-17-11-12)19-14-4-5-15-13(10-14)7-9-18-15/h1-2,4-5,8,10-11,18H,3,6-7,9H2,(H,19,20). The van der Waals surface area contributed by atoms with Crippen molar-refractivity contribution < 1.29 is 4.79 Å². The zero-order chi connectivity index (χ0) is 13.8. The van der Waals surface area contributed by atoms with E-state index in [4.69, 9.17) is 0 Å². The summed E-state index contributed by atoms with van der Waals surface area (Å²) < 4.78 is 0. The first-order chi connectivity index (χ1) is 9.81. The van der Waals surface area contributed by atoms with Crippen molar-refractivity contribution in [3.63, 3.8) is 0 Å². The van der Waals surface area contributed by atoms with Gasteiger partial charge in [-0.3, -0.25) is 9.78 Å². The summed E-state index contributed by atoms with van der Waals surface area (Å²) in [4.78, 5) is 16.0. The van der Waals surface area contributed by atoms with Crippen molar-refractivity contribution in [1.29, 1.82) is 0 Å². The Morgan fingerprint density at radius 2 is 2.30 bits per heavy atom. The molecule has 0 radical (unpaired) electrons. The Labute approximate surface area is 118 Å². The summed E-state index contributed by atoms with van der Waals surface area (Å²) in [5.41, 5.74) is 4.41. The van der Waals surface area contributed by atoms with Gasteiger partial charge in [0.1, 0.15) is 0 Å². The summed E-state index contributed by atoms with van der Waals surface area (Å²) in [7, 11) is 0. The van der Waals surface area contributed by atoms with Gasteiger partial charge in [0.25, 0.3) is 0 Å². The number of aromatic nitrogens is 1. The lowest BCUT2D eigenvalue weighted by Gasteiger charge is -2.07. The van der Waals surface area contributed by atoms with Crippen LogP contribution in [0.2, 0.25) is 0 Å². The highest BCUT2D eigenvalue weighted by molar-refractivity contribution is 5.91. The molecule has 4 nitrogen and oxygen atoms in total. The predicted octanol–water partition coefficient (Wildman–Crippen LogP) is 2.62. The summed E-state index contributed by atoms with van der Waals surface area (Å²) in [6.07, 6.45) is 5.75. The van der Waals surface area contributed by atoms with Gasteiger partial charge < -0.3 is 10.6 Å². The second kappa shape index (κ2) is 5.74. The smallest absolute Gasteiger partial charge is 0.224 e. The van der Waals surface area contributed by atoms with Crippen LogP contribution >= 0.6 is 0 Å². The zero-order valence-electron chi connectivity index (χ0n) is 11.2. The lowest BCUT2D eigenvalue weighted by atomic mass is 10.1. The number of carbonyl (C=O) groups excluding carboxylic acids is 1. The normalized spacial score (nSPS) is 12.6. The van der Waals surface area contributed by atoms with Crippen LogP contribution in [-0.4, -0.2) is 17.4 Å². The molecule has 0 saturated carbocycles. The molecule has 0 saturated heterocycles. The monoisotopic (exact) mass is 267 g/mol. The third kappa shape index (κ3) is 2.96. The number of benzene rings is 1. The molecule has 0 spiro atoms. The molecular weight excluding hydrogens is 250 g/mol. The number of hydrogen-bond acceptors (Lipinski definition) is 3. The van der Waals surface area contributed by atoms with Crippen molar-refractivity contribution in [3.8, 4) is 0 Å². The Morgan fingerprint density at radius 3 is 3.15 bits per heavy atom. The van der Waals surface area contributed by atoms with E-state index in [1.165, 1.54) is 11.3 Å². The van der Waals surface area contributed by atoms with Gasteiger partial charge in [0.2, 0.25) is 5.91 Å². The molecule has 0 bridgehead atoms. The molecule has 0 fully saturated rings. The Hall–Kier alpha value is -2.36. The molecule has 1 aromatic heterocycles. The van der Waals surface area contributed by atoms with Crippen LogP contribution in [0.1, 0.15) is 17.5 Å². The zero-order valence-corrected chi connectivity index (χ0v) is 11.2. The van der Waals surface area contributed by atoms with Crippen LogP contribution in [0.4, 0.5) is 11.4 Å². The molecule has 0 aliphatic carbocycles. The first-order valence-electron chi connectivity index (χ1n) is 6.87. The van der Waals surface area contributed by atoms with E-state index >= 15 is 0 Å². The number of pyridine rings is 1. The predicted molar refractivity (Wildman–Crippen MR) is 79.8 cm³/mol. The third-order valence-corrected chi connectivity index (χ3v) is 3.46. The van der Waals surface area contributed by atoms with Gasteiger partial charge in [-0.1, -0.05) is 6.07 Å². The van der Waals surface area contributed by atoms with Crippen molar-refractivity contribution in [2.75, 3.05) is 17.2 Å². The molecule has 20 heavy (non-hydrogen) atoms. The molecule has 3 rings (SSSR count). The van der Waals surface area contributed by atoms with Gasteiger partial charge in [0.15, 0.2) is 0 Å². The summed E-state index contributed by atoms with van der Waals surface area (Å²) in [5, 5.41) is 6.26. The number of aryl methyl sites for hydroxylation is 1. The average molecular weight is 267 g/mol. The summed E-state index contributed by atoms with van der Waals surface area (Å²) in [6.45, 7) is 0.980. The average Bonchev–Trinajstić information content (AvgIpc) is 2.94. The van der Waals surface area contributed by atoms with E-state index in [0.29, 0.717) is 12.8 Å². The number of anilines is 2. The molecule has 2 aromatic rings. The number of carbonyl (C=O) groups is 1. The van der Waals surface area contributed by atoms with Crippen molar-refractivity contribution >= 4 is 17.3 Å². The van der Waals surface area contributed by atoms with E-state index in [0.717, 1.165) is 24.2 Å². The van der Waals surface area contributed by atoms with Crippen LogP contribution < -0.4 is 10.6 Å². The van der Waals surface area contributed by atoms with Crippen LogP contribution in [0.3, 0.4) is 0 Å². The number of amides is 1. The number of hydrogen-bond donors (Lipinski definition) is 2. The van der Waals surface area contributed by atoms with Gasteiger partial charge in [-0.05, 0) is 48.2 Å². The largest absolute Gasteiger partial charge is 0.384 e. The van der Waals surface area contributed by atoms with Gasteiger partial charge in [0.05, 0.1) is 0 Å². The molecule has 1 amide bonds. The molecule has 2 heterocycles. The molecule has 102 valence electrons. The summed E-state index contributed by atoms with van der Waals surface area (Å²) in [6, 6.07) is 9.90. The van der Waals surface area contributed by atoms with Crippen LogP contribution in [0.5, 0.6) is 0 Å². The number of fused-ring (bicyclic) bond motifs is 1. The number of nitrogens with zero attached hydrogens (tertiary/aromatic N) is 1. The van der Waals surface area contributed by atoms with E-state index < -0.39 is 0 Å². The quantitative estimate of drug-likeness (QED) is 0.895. The van der Waals surface area contributed by atoms with E-state index in [2.05, 4.69) is 21.7 Å². The van der Waals surface area contributed by atoms with E-state index in [9.17, 15) is 4.79 Å². The highest BCUT2D eigenvalue weighted by atomic mass is 16.1. The molecule has 0 atom stereocenters. The molecule has 4 heteroatoms. The Kier molecular flexibility index (Phi) is 3.63. The molecule has 1 aliphatic rings. The fourth-order valence-electron chi connectivity index (χ4n) is 2.41. The second-order valence-corrected chi connectivity index (χ2v) is 4.96. The molecule has 1 aromatic carbocycles. The SMILES string of the molecule is O=C(CCc1cccnc1)Nc1ccc2c(c1)CCN2. The lowest BCUT2D eigenvalue weighted by molar-refractivity contribution is -0.116. The highest BCUT2D eigenvalue weighted by Crippen LogP contribution is 2.25. The van der Waals surface area contributed by atoms with Gasteiger partial charge in [0, 0.05) is 36.7 Å². The highest BCUT2D eigenvalue weighted by Gasteiger charge is 2.11. The third-order valence-electron chi connectivity index (χ3n) is 3.46. The minimum absolute atomic E-state index is 0.0414. The topological polar surface area (TPSA) is 54.0 Å². The maximum atomic E-state index is 11.9. The van der Waals surface area contributed by atoms with E-state index in [-0.39, 0.29) is 5.91 Å². The van der Waals surface area contributed by atoms with E-state index in [1.807, 2.05) is 24.3 Å². The Morgan fingerprint density at radius 1 is 1.35 bits per heavy atom. The van der Waals surface area contributed by atoms with Gasteiger partial charge in [-0.25, -0.2) is 0 Å². The minimum Gasteiger partial charge on any atom is -0.384 e. The lowest BCUT2D eigenvalue weighted by Crippen LogP contribution is -2.12. The van der Waals surface area contributed by atoms with Crippen LogP contribution in [0, 0.1) is 0 Å². The molecule has 0 unspecified atom stereocenters. The molecule has 1 aliphatic heterocycles. The summed E-state index contributed by atoms with van der Waals surface area (Å²) in [5.74, 6) is 0.0414. The van der Waals surface area contributed by atoms with Crippen molar-refractivity contribution in [2.45, 2.75) is 19.3 Å². The van der Waals surface area contributed by atoms with Crippen LogP contribution in [0.25, 0.3) is 0 Å². The summed E-state index contributed by atoms with van der Waals surface area (Å²) >= 11 is 0. The van der Waals surface area contributed by atoms with Crippen LogP contribution in [0.15, 0.2) is 42.7 Å². The number of nitrogens with one attached hydrogen (secondary N) is 2. The van der Waals surface area contributed by atoms with Crippen molar-refractivity contribution in [1.82, 2.24) is 4.98 Å². The van der Waals surface area contributed by atoms with Crippen LogP contribution in [-0.2, 0) is 17.6 Å². The maximum Gasteiger partial charge on any atom is 0.224 e. The van der Waals surface area contributed by atoms with E-state index in [1.54, 1.807) is 12.4 Å². The van der Waals surface area contributed by atoms with Gasteiger partial charge >= 0.3 is 0 Å². The second-order valence-electron chi connectivity index (χ2n) is 4.96. The molecule has 2 N–H and O–H groups in total. The Bertz CT molecular complexity index is 610. The van der Waals surface area contributed by atoms with Crippen molar-refractivity contribution in [3.05, 3.63) is 53.9 Å². The van der Waals surface area contributed by atoms with Gasteiger partial charge in [-0.2, -0.15) is 0 Å². The van der Waals surface area contributed by atoms with Crippen molar-refractivity contribution in [2.24, 2.45) is 0 Å². The maximum absolute atomic E-state index is 11.9. The Balaban J connectivity index is 1.56. The minimum atomic E-state index is 0.0414. The molecular formula is C16H17N3O. The fourth-order valence-corrected chi connectivity index (χ4v) is 2.41. The van der Waals surface area contributed by atoms with Gasteiger partial charge in [-0.15, -0.1) is 0 Å². The number of rotatable bonds is 4.